The van der Waals surface area contributed by atoms with Crippen LogP contribution in [0.5, 0.6) is 0 Å². The predicted octanol–water partition coefficient (Wildman–Crippen LogP) is 6.37. The number of benzene rings is 2. The van der Waals surface area contributed by atoms with Gasteiger partial charge in [-0.3, -0.25) is 4.90 Å². The lowest BCUT2D eigenvalue weighted by atomic mass is 10.0. The highest BCUT2D eigenvalue weighted by atomic mass is 28.4. The average molecular weight is 660 g/mol. The number of amides is 1. The summed E-state index contributed by atoms with van der Waals surface area (Å²) in [6.07, 6.45) is -4.15. The third kappa shape index (κ3) is 8.84. The molecule has 0 spiro atoms. The van der Waals surface area contributed by atoms with Crippen LogP contribution in [0.3, 0.4) is 0 Å². The van der Waals surface area contributed by atoms with Crippen LogP contribution >= 0.6 is 0 Å². The van der Waals surface area contributed by atoms with Crippen LogP contribution < -0.4 is 0 Å². The van der Waals surface area contributed by atoms with Crippen molar-refractivity contribution in [3.63, 3.8) is 0 Å². The van der Waals surface area contributed by atoms with E-state index < -0.39 is 65.7 Å². The lowest BCUT2D eigenvalue weighted by Gasteiger charge is -2.42. The Morgan fingerprint density at radius 1 is 0.844 bits per heavy atom. The lowest BCUT2D eigenvalue weighted by Crippen LogP contribution is -2.54. The third-order valence-corrected chi connectivity index (χ3v) is 18.6. The number of hydrogen-bond acceptors (Lipinski definition) is 8. The quantitative estimate of drug-likeness (QED) is 0.211. The van der Waals surface area contributed by atoms with Crippen molar-refractivity contribution in [3.05, 3.63) is 71.8 Å². The van der Waals surface area contributed by atoms with Crippen molar-refractivity contribution in [2.45, 2.75) is 115 Å². The topological polar surface area (TPSA) is 115 Å². The van der Waals surface area contributed by atoms with Gasteiger partial charge in [0, 0.05) is 0 Å². The van der Waals surface area contributed by atoms with E-state index in [0.717, 1.165) is 5.56 Å². The average Bonchev–Trinajstić information content (AvgIpc) is 3.26. The first-order valence-corrected chi connectivity index (χ1v) is 21.5. The molecule has 1 heterocycles. The molecule has 9 nitrogen and oxygen atoms in total. The Hall–Kier alpha value is -2.55. The number of esters is 1. The molecule has 0 radical (unpaired) electrons. The fourth-order valence-corrected chi connectivity index (χ4v) is 7.11. The number of carbonyl (C=O) groups excluding carboxylic acids is 2. The van der Waals surface area contributed by atoms with E-state index in [1.165, 1.54) is 4.90 Å². The van der Waals surface area contributed by atoms with Crippen molar-refractivity contribution in [2.24, 2.45) is 0 Å². The van der Waals surface area contributed by atoms with Crippen LogP contribution in [0.4, 0.5) is 4.79 Å². The molecule has 2 aromatic carbocycles. The Bertz CT molecular complexity index is 1260. The summed E-state index contributed by atoms with van der Waals surface area (Å²) in [4.78, 5) is 29.0. The summed E-state index contributed by atoms with van der Waals surface area (Å²) in [6, 6.07) is 15.9. The molecule has 1 aliphatic rings. The summed E-state index contributed by atoms with van der Waals surface area (Å²) in [6.45, 7) is 20.5. The van der Waals surface area contributed by atoms with Crippen molar-refractivity contribution in [1.82, 2.24) is 4.90 Å². The normalized spacial score (nSPS) is 21.8. The maximum atomic E-state index is 14.1. The highest BCUT2D eigenvalue weighted by Gasteiger charge is 2.59. The molecule has 1 fully saturated rings. The number of hydrogen-bond donors (Lipinski definition) is 2. The number of likely N-dealkylation sites (tertiary alicyclic amines) is 1. The van der Waals surface area contributed by atoms with Crippen LogP contribution in [0.2, 0.25) is 36.3 Å². The minimum Gasteiger partial charge on any atom is -0.454 e. The maximum Gasteiger partial charge on any atom is 0.411 e. The second-order valence-corrected chi connectivity index (χ2v) is 24.5. The number of aliphatic hydroxyl groups excluding tert-OH is 2. The molecule has 0 unspecified atom stereocenters. The Morgan fingerprint density at radius 2 is 1.38 bits per heavy atom. The Morgan fingerprint density at radius 3 is 1.89 bits per heavy atom. The molecule has 0 bridgehead atoms. The number of nitrogens with zero attached hydrogens (tertiary/aromatic N) is 1. The molecule has 5 atom stereocenters. The van der Waals surface area contributed by atoms with Gasteiger partial charge in [-0.1, -0.05) is 90.1 Å². The van der Waals surface area contributed by atoms with Crippen LogP contribution in [0.15, 0.2) is 60.7 Å². The zero-order valence-corrected chi connectivity index (χ0v) is 30.6. The molecule has 1 aliphatic heterocycles. The van der Waals surface area contributed by atoms with Gasteiger partial charge in [0.1, 0.15) is 24.9 Å². The Balaban J connectivity index is 2.14. The number of ether oxygens (including phenoxy) is 2. The van der Waals surface area contributed by atoms with E-state index in [9.17, 15) is 19.8 Å². The highest BCUT2D eigenvalue weighted by Crippen LogP contribution is 2.43. The molecular formula is C34H53NO8Si2. The van der Waals surface area contributed by atoms with Gasteiger partial charge in [-0.15, -0.1) is 0 Å². The van der Waals surface area contributed by atoms with Crippen molar-refractivity contribution in [2.75, 3.05) is 13.2 Å². The summed E-state index contributed by atoms with van der Waals surface area (Å²) in [5.74, 6) is -0.622. The molecule has 0 saturated carbocycles. The second kappa shape index (κ2) is 14.5. The van der Waals surface area contributed by atoms with E-state index >= 15 is 0 Å². The van der Waals surface area contributed by atoms with E-state index in [1.807, 2.05) is 30.3 Å². The zero-order chi connectivity index (χ0) is 33.8. The molecule has 0 aromatic heterocycles. The minimum atomic E-state index is -2.56. The van der Waals surface area contributed by atoms with Crippen molar-refractivity contribution < 1.29 is 38.1 Å². The predicted molar refractivity (Wildman–Crippen MR) is 180 cm³/mol. The first-order chi connectivity index (χ1) is 20.8. The molecule has 0 aliphatic carbocycles. The van der Waals surface area contributed by atoms with E-state index in [4.69, 9.17) is 18.3 Å². The first kappa shape index (κ1) is 36.9. The monoisotopic (exact) mass is 659 g/mol. The minimum absolute atomic E-state index is 0.00382. The number of aliphatic hydroxyl groups is 2. The summed E-state index contributed by atoms with van der Waals surface area (Å²) in [7, 11) is -4.90. The van der Waals surface area contributed by atoms with Crippen molar-refractivity contribution in [3.8, 4) is 0 Å². The number of rotatable bonds is 11. The highest BCUT2D eigenvalue weighted by molar-refractivity contribution is 6.74. The SMILES string of the molecule is CC(C)(C)[Si](C)(C)OC[C@@H]1[C@@H](O[Si](C)(C)C(C)(C)C)[C@H](OC(=O)c2ccccc2)[C@@H]([C@H](O)CO)N1C(=O)OCc1ccccc1. The Labute approximate surface area is 271 Å². The zero-order valence-electron chi connectivity index (χ0n) is 28.6. The van der Waals surface area contributed by atoms with Crippen LogP contribution in [0.25, 0.3) is 0 Å². The van der Waals surface area contributed by atoms with Crippen molar-refractivity contribution in [1.29, 1.82) is 0 Å². The van der Waals surface area contributed by atoms with Crippen LogP contribution in [0.1, 0.15) is 57.5 Å². The van der Waals surface area contributed by atoms with Crippen LogP contribution in [-0.4, -0.2) is 87.4 Å². The molecule has 2 N–H and O–H groups in total. The van der Waals surface area contributed by atoms with E-state index in [-0.39, 0.29) is 23.3 Å². The van der Waals surface area contributed by atoms with Gasteiger partial charge in [0.05, 0.1) is 24.8 Å². The van der Waals surface area contributed by atoms with Crippen LogP contribution in [-0.2, 0) is 24.9 Å². The largest absolute Gasteiger partial charge is 0.454 e. The molecule has 1 amide bonds. The van der Waals surface area contributed by atoms with Crippen molar-refractivity contribution >= 4 is 28.7 Å². The molecule has 2 aromatic rings. The summed E-state index contributed by atoms with van der Waals surface area (Å²) >= 11 is 0. The van der Waals surface area contributed by atoms with Gasteiger partial charge < -0.3 is 28.5 Å². The smallest absolute Gasteiger partial charge is 0.411 e. The number of carbonyl (C=O) groups is 2. The Kier molecular flexibility index (Phi) is 11.9. The van der Waals surface area contributed by atoms with Gasteiger partial charge in [-0.2, -0.15) is 0 Å². The molecule has 45 heavy (non-hydrogen) atoms. The molecule has 3 rings (SSSR count). The summed E-state index contributed by atoms with van der Waals surface area (Å²) < 4.78 is 25.7. The third-order valence-electron chi connectivity index (χ3n) is 9.63. The van der Waals surface area contributed by atoms with E-state index in [0.29, 0.717) is 5.56 Å². The lowest BCUT2D eigenvalue weighted by molar-refractivity contribution is -0.0445. The van der Waals surface area contributed by atoms with Gasteiger partial charge >= 0.3 is 12.1 Å². The van der Waals surface area contributed by atoms with Gasteiger partial charge in [0.2, 0.25) is 0 Å². The second-order valence-electron chi connectivity index (χ2n) is 14.9. The standard InChI is InChI=1S/C34H53NO8Si2/c1-33(2,3)44(7,8)41-23-26-29(43-45(9,10)34(4,5)6)30(42-31(38)25-19-15-12-16-20-25)28(27(37)21-36)35(26)32(39)40-22-24-17-13-11-14-18-24/h11-20,26-30,36-37H,21-23H2,1-10H3/t26-,27-,28-,29-,30-/m1/s1. The maximum absolute atomic E-state index is 14.1. The molecule has 1 saturated heterocycles. The van der Waals surface area contributed by atoms with E-state index in [1.54, 1.807) is 30.3 Å². The molecule has 250 valence electrons. The van der Waals surface area contributed by atoms with Gasteiger partial charge in [0.25, 0.3) is 0 Å². The summed E-state index contributed by atoms with van der Waals surface area (Å²) in [5, 5.41) is 21.2. The van der Waals surface area contributed by atoms with E-state index in [2.05, 4.69) is 67.7 Å². The molecule has 11 heteroatoms. The van der Waals surface area contributed by atoms with Gasteiger partial charge in [-0.05, 0) is 54.0 Å². The first-order valence-electron chi connectivity index (χ1n) is 15.7. The van der Waals surface area contributed by atoms with Gasteiger partial charge in [0.15, 0.2) is 22.7 Å². The van der Waals surface area contributed by atoms with Crippen LogP contribution in [0, 0.1) is 0 Å². The summed E-state index contributed by atoms with van der Waals surface area (Å²) in [5.41, 5.74) is 1.11. The molecular weight excluding hydrogens is 607 g/mol. The van der Waals surface area contributed by atoms with Gasteiger partial charge in [-0.25, -0.2) is 9.59 Å². The fraction of sp³-hybridized carbons (Fsp3) is 0.588. The fourth-order valence-electron chi connectivity index (χ4n) is 4.76.